The summed E-state index contributed by atoms with van der Waals surface area (Å²) in [5, 5.41) is 29.4. The zero-order chi connectivity index (χ0) is 26.3. The highest BCUT2D eigenvalue weighted by atomic mass is 19.1. The van der Waals surface area contributed by atoms with E-state index >= 15 is 0 Å². The van der Waals surface area contributed by atoms with E-state index in [-0.39, 0.29) is 41.4 Å². The first-order chi connectivity index (χ1) is 17.7. The van der Waals surface area contributed by atoms with Gasteiger partial charge in [0.05, 0.1) is 23.9 Å². The van der Waals surface area contributed by atoms with Crippen LogP contribution in [0.3, 0.4) is 0 Å². The van der Waals surface area contributed by atoms with E-state index < -0.39 is 29.9 Å². The summed E-state index contributed by atoms with van der Waals surface area (Å²) in [7, 11) is 0. The SMILES string of the molecule is Cc1cc(CNC(=O)c2cc(C(=O)N[C@@H]3c4ccc(C(=O)O)cc4C[C@H]3O)n3nccc3n2)ccc1F. The number of halogens is 1. The van der Waals surface area contributed by atoms with E-state index in [4.69, 9.17) is 0 Å². The van der Waals surface area contributed by atoms with Crippen LogP contribution in [-0.4, -0.2) is 48.7 Å². The third-order valence-electron chi connectivity index (χ3n) is 6.33. The fourth-order valence-electron chi connectivity index (χ4n) is 4.44. The molecule has 2 aromatic heterocycles. The molecule has 37 heavy (non-hydrogen) atoms. The maximum atomic E-state index is 13.5. The number of carbonyl (C=O) groups is 3. The van der Waals surface area contributed by atoms with Crippen LogP contribution in [0.2, 0.25) is 0 Å². The molecule has 0 radical (unpaired) electrons. The van der Waals surface area contributed by atoms with Gasteiger partial charge in [0, 0.05) is 25.1 Å². The largest absolute Gasteiger partial charge is 0.478 e. The maximum absolute atomic E-state index is 13.5. The number of aryl methyl sites for hydroxylation is 1. The van der Waals surface area contributed by atoms with Gasteiger partial charge in [-0.1, -0.05) is 18.2 Å². The first-order valence-corrected chi connectivity index (χ1v) is 11.4. The minimum absolute atomic E-state index is 0.0181. The molecule has 0 aliphatic heterocycles. The van der Waals surface area contributed by atoms with Gasteiger partial charge in [-0.2, -0.15) is 5.10 Å². The number of hydrogen-bond acceptors (Lipinski definition) is 6. The van der Waals surface area contributed by atoms with Gasteiger partial charge >= 0.3 is 5.97 Å². The van der Waals surface area contributed by atoms with Gasteiger partial charge < -0.3 is 20.8 Å². The van der Waals surface area contributed by atoms with Gasteiger partial charge in [-0.25, -0.2) is 18.7 Å². The van der Waals surface area contributed by atoms with Crippen LogP contribution in [0.15, 0.2) is 54.7 Å². The number of hydrogen-bond donors (Lipinski definition) is 4. The molecule has 2 amide bonds. The van der Waals surface area contributed by atoms with Crippen molar-refractivity contribution in [2.24, 2.45) is 0 Å². The number of aliphatic hydroxyl groups is 1. The van der Waals surface area contributed by atoms with Gasteiger partial charge in [-0.15, -0.1) is 0 Å². The summed E-state index contributed by atoms with van der Waals surface area (Å²) in [6.07, 6.45) is 0.667. The van der Waals surface area contributed by atoms with Crippen molar-refractivity contribution in [1.29, 1.82) is 0 Å². The molecule has 10 nitrogen and oxygen atoms in total. The van der Waals surface area contributed by atoms with E-state index in [1.54, 1.807) is 31.2 Å². The lowest BCUT2D eigenvalue weighted by atomic mass is 10.0. The number of carboxylic acid groups (broad SMARTS) is 1. The van der Waals surface area contributed by atoms with E-state index in [0.717, 1.165) is 0 Å². The smallest absolute Gasteiger partial charge is 0.335 e. The van der Waals surface area contributed by atoms with Crippen LogP contribution in [0, 0.1) is 12.7 Å². The zero-order valence-electron chi connectivity index (χ0n) is 19.6. The van der Waals surface area contributed by atoms with Crippen LogP contribution in [0.4, 0.5) is 4.39 Å². The third-order valence-corrected chi connectivity index (χ3v) is 6.33. The van der Waals surface area contributed by atoms with Crippen molar-refractivity contribution in [2.75, 3.05) is 0 Å². The highest BCUT2D eigenvalue weighted by Gasteiger charge is 2.33. The number of aromatic nitrogens is 3. The average molecular weight is 503 g/mol. The predicted octanol–water partition coefficient (Wildman–Crippen LogP) is 2.19. The second kappa shape index (κ2) is 9.43. The molecule has 0 saturated carbocycles. The highest BCUT2D eigenvalue weighted by molar-refractivity contribution is 5.98. The number of carbonyl (C=O) groups excluding carboxylic acids is 2. The molecule has 0 unspecified atom stereocenters. The highest BCUT2D eigenvalue weighted by Crippen LogP contribution is 2.32. The van der Waals surface area contributed by atoms with E-state index in [1.165, 1.54) is 35.0 Å². The van der Waals surface area contributed by atoms with Crippen molar-refractivity contribution in [3.63, 3.8) is 0 Å². The second-order valence-electron chi connectivity index (χ2n) is 8.84. The second-order valence-corrected chi connectivity index (χ2v) is 8.84. The lowest BCUT2D eigenvalue weighted by Gasteiger charge is -2.18. The molecular weight excluding hydrogens is 481 g/mol. The van der Waals surface area contributed by atoms with Gasteiger partial charge in [-0.05, 0) is 47.4 Å². The molecule has 188 valence electrons. The molecule has 5 rings (SSSR count). The van der Waals surface area contributed by atoms with Gasteiger partial charge in [0.1, 0.15) is 17.2 Å². The predicted molar refractivity (Wildman–Crippen MR) is 129 cm³/mol. The van der Waals surface area contributed by atoms with E-state index in [2.05, 4.69) is 20.7 Å². The molecule has 4 aromatic rings. The van der Waals surface area contributed by atoms with Crippen LogP contribution in [0.1, 0.15) is 59.6 Å². The fourth-order valence-corrected chi connectivity index (χ4v) is 4.44. The molecule has 1 aliphatic carbocycles. The quantitative estimate of drug-likeness (QED) is 0.316. The third kappa shape index (κ3) is 4.64. The Morgan fingerprint density at radius 1 is 1.11 bits per heavy atom. The normalized spacial score (nSPS) is 16.4. The molecule has 0 fully saturated rings. The Labute approximate surface area is 209 Å². The van der Waals surface area contributed by atoms with Crippen LogP contribution in [0.25, 0.3) is 5.65 Å². The Morgan fingerprint density at radius 2 is 1.92 bits per heavy atom. The Morgan fingerprint density at radius 3 is 2.68 bits per heavy atom. The standard InChI is InChI=1S/C26H22FN5O5/c1-13-8-14(2-5-18(13)27)12-28-24(34)19-11-20(32-22(30-19)6-7-29-32)25(35)31-23-17-4-3-15(26(36)37)9-16(17)10-21(23)33/h2-9,11,21,23,33H,10,12H2,1H3,(H,28,34)(H,31,35)(H,36,37)/t21-,23-/m1/s1. The number of nitrogens with one attached hydrogen (secondary N) is 2. The van der Waals surface area contributed by atoms with Crippen LogP contribution >= 0.6 is 0 Å². The number of aromatic carboxylic acids is 1. The average Bonchev–Trinajstić information content (AvgIpc) is 3.47. The molecular formula is C26H22FN5O5. The van der Waals surface area contributed by atoms with Crippen molar-refractivity contribution < 1.29 is 29.0 Å². The molecule has 2 heterocycles. The first kappa shape index (κ1) is 24.1. The molecule has 0 saturated heterocycles. The Hall–Kier alpha value is -4.64. The summed E-state index contributed by atoms with van der Waals surface area (Å²) in [4.78, 5) is 41.7. The molecule has 0 bridgehead atoms. The van der Waals surface area contributed by atoms with Crippen molar-refractivity contribution in [2.45, 2.75) is 32.0 Å². The minimum Gasteiger partial charge on any atom is -0.478 e. The van der Waals surface area contributed by atoms with E-state index in [1.807, 2.05) is 0 Å². The van der Waals surface area contributed by atoms with Crippen LogP contribution in [-0.2, 0) is 13.0 Å². The summed E-state index contributed by atoms with van der Waals surface area (Å²) in [5.74, 6) is -2.55. The van der Waals surface area contributed by atoms with Gasteiger partial charge in [0.2, 0.25) is 0 Å². The molecule has 4 N–H and O–H groups in total. The number of amides is 2. The van der Waals surface area contributed by atoms with Crippen LogP contribution < -0.4 is 10.6 Å². The molecule has 2 aromatic carbocycles. The lowest BCUT2D eigenvalue weighted by molar-refractivity contribution is 0.0696. The number of fused-ring (bicyclic) bond motifs is 2. The minimum atomic E-state index is -1.08. The lowest BCUT2D eigenvalue weighted by Crippen LogP contribution is -2.35. The topological polar surface area (TPSA) is 146 Å². The Balaban J connectivity index is 1.38. The van der Waals surface area contributed by atoms with Crippen molar-refractivity contribution >= 4 is 23.4 Å². The monoisotopic (exact) mass is 503 g/mol. The summed E-state index contributed by atoms with van der Waals surface area (Å²) < 4.78 is 14.8. The van der Waals surface area contributed by atoms with E-state index in [9.17, 15) is 29.0 Å². The van der Waals surface area contributed by atoms with E-state index in [0.29, 0.717) is 22.3 Å². The maximum Gasteiger partial charge on any atom is 0.335 e. The number of benzene rings is 2. The molecule has 2 atom stereocenters. The zero-order valence-corrected chi connectivity index (χ0v) is 19.6. The van der Waals surface area contributed by atoms with Gasteiger partial charge in [0.25, 0.3) is 11.8 Å². The summed E-state index contributed by atoms with van der Waals surface area (Å²) in [6.45, 7) is 1.77. The molecule has 11 heteroatoms. The molecule has 0 spiro atoms. The summed E-state index contributed by atoms with van der Waals surface area (Å²) >= 11 is 0. The van der Waals surface area contributed by atoms with Gasteiger partial charge in [-0.3, -0.25) is 9.59 Å². The van der Waals surface area contributed by atoms with Crippen LogP contribution in [0.5, 0.6) is 0 Å². The summed E-state index contributed by atoms with van der Waals surface area (Å²) in [5.41, 5.74) is 2.79. The number of nitrogens with zero attached hydrogens (tertiary/aromatic N) is 3. The van der Waals surface area contributed by atoms with Gasteiger partial charge in [0.15, 0.2) is 5.65 Å². The van der Waals surface area contributed by atoms with Crippen molar-refractivity contribution in [3.8, 4) is 0 Å². The number of rotatable bonds is 6. The van der Waals surface area contributed by atoms with Crippen molar-refractivity contribution in [3.05, 3.63) is 99.8 Å². The number of carboxylic acids is 1. The first-order valence-electron chi connectivity index (χ1n) is 11.4. The number of aliphatic hydroxyl groups excluding tert-OH is 1. The fraction of sp³-hybridized carbons (Fsp3) is 0.192. The molecule has 1 aliphatic rings. The summed E-state index contributed by atoms with van der Waals surface area (Å²) in [6, 6.07) is 11.1. The Kier molecular flexibility index (Phi) is 6.14. The Bertz CT molecular complexity index is 1570. The van der Waals surface area contributed by atoms with Crippen molar-refractivity contribution in [1.82, 2.24) is 25.2 Å².